The molecule has 36 heavy (non-hydrogen) atoms. The lowest BCUT2D eigenvalue weighted by Gasteiger charge is -2.45. The normalized spacial score (nSPS) is 17.5. The quantitative estimate of drug-likeness (QED) is 0.370. The second kappa shape index (κ2) is 8.92. The lowest BCUT2D eigenvalue weighted by Crippen LogP contribution is -2.60. The first-order valence-electron chi connectivity index (χ1n) is 12.7. The monoisotopic (exact) mass is 548 g/mol. The molecule has 1 unspecified atom stereocenters. The van der Waals surface area contributed by atoms with Crippen LogP contribution in [-0.2, 0) is 41.2 Å². The Morgan fingerprint density at radius 1 is 1.11 bits per heavy atom. The molecule has 0 saturated heterocycles. The minimum atomic E-state index is -3.68. The summed E-state index contributed by atoms with van der Waals surface area (Å²) in [6.07, 6.45) is 5.62. The minimum absolute atomic E-state index is 0.333. The summed E-state index contributed by atoms with van der Waals surface area (Å²) in [6.45, 7) is 15.4. The second-order valence-corrected chi connectivity index (χ2v) is 20.8. The average Bonchev–Trinajstić information content (AvgIpc) is 3.44. The van der Waals surface area contributed by atoms with E-state index in [1.807, 2.05) is 13.1 Å². The standard InChI is InChI=1S/C26H40N4O3S2Si/c1-16-15-21(26(5,6)32)34-23(16)35(27,33)30(36(7,8)25(2,3)4)24(31)29-22-17-11-9-13-19(17)28-20-14-10-12-18(20)22/h15,27,32H,9-14H2,1-8H3,(H,28,29,31). The number of hydrogen-bond donors (Lipinski definition) is 3. The average molecular weight is 549 g/mol. The van der Waals surface area contributed by atoms with E-state index in [0.29, 0.717) is 14.6 Å². The van der Waals surface area contributed by atoms with Gasteiger partial charge in [-0.3, -0.25) is 8.95 Å². The maximum absolute atomic E-state index is 14.5. The maximum Gasteiger partial charge on any atom is 0.326 e. The Bertz CT molecular complexity index is 1290. The van der Waals surface area contributed by atoms with E-state index in [4.69, 9.17) is 4.98 Å². The van der Waals surface area contributed by atoms with Crippen LogP contribution in [0, 0.1) is 11.7 Å². The molecule has 7 nitrogen and oxygen atoms in total. The zero-order valence-corrected chi connectivity index (χ0v) is 25.4. The number of hydrogen-bond acceptors (Lipinski definition) is 6. The number of pyridine rings is 1. The molecule has 1 atom stereocenters. The van der Waals surface area contributed by atoms with E-state index < -0.39 is 29.8 Å². The molecule has 3 N–H and O–H groups in total. The number of aryl methyl sites for hydroxylation is 3. The van der Waals surface area contributed by atoms with Crippen LogP contribution in [-0.4, -0.2) is 32.5 Å². The Morgan fingerprint density at radius 3 is 2.08 bits per heavy atom. The van der Waals surface area contributed by atoms with E-state index in [9.17, 15) is 18.9 Å². The van der Waals surface area contributed by atoms with Crippen molar-refractivity contribution in [3.63, 3.8) is 0 Å². The fourth-order valence-electron chi connectivity index (χ4n) is 5.02. The molecule has 10 heteroatoms. The molecule has 0 spiro atoms. The maximum atomic E-state index is 14.5. The van der Waals surface area contributed by atoms with E-state index in [2.05, 4.69) is 26.1 Å². The van der Waals surface area contributed by atoms with E-state index in [1.165, 1.54) is 15.3 Å². The molecule has 198 valence electrons. The van der Waals surface area contributed by atoms with Gasteiger partial charge in [0.25, 0.3) is 0 Å². The highest BCUT2D eigenvalue weighted by atomic mass is 32.2. The molecular weight excluding hydrogens is 509 g/mol. The van der Waals surface area contributed by atoms with Crippen LogP contribution in [0.3, 0.4) is 0 Å². The molecule has 4 rings (SSSR count). The van der Waals surface area contributed by atoms with Crippen LogP contribution in [0.4, 0.5) is 10.5 Å². The van der Waals surface area contributed by atoms with Crippen LogP contribution in [0.2, 0.25) is 18.1 Å². The smallest absolute Gasteiger partial charge is 0.326 e. The summed E-state index contributed by atoms with van der Waals surface area (Å²) < 4.78 is 25.5. The van der Waals surface area contributed by atoms with Crippen molar-refractivity contribution in [1.82, 2.24) is 8.95 Å². The number of fused-ring (bicyclic) bond motifs is 2. The minimum Gasteiger partial charge on any atom is -0.385 e. The summed E-state index contributed by atoms with van der Waals surface area (Å²) in [5, 5.41) is 13.4. The van der Waals surface area contributed by atoms with E-state index in [-0.39, 0.29) is 5.04 Å². The third kappa shape index (κ3) is 4.54. The van der Waals surface area contributed by atoms with Crippen molar-refractivity contribution in [2.24, 2.45) is 0 Å². The van der Waals surface area contributed by atoms with Crippen molar-refractivity contribution in [2.75, 3.05) is 5.32 Å². The highest BCUT2D eigenvalue weighted by molar-refractivity contribution is 7.94. The SMILES string of the molecule is Cc1cc(C(C)(C)O)sc1S(=N)(=O)N(C(=O)Nc1c2c(nc3c1CCC3)CCC2)[Si](C)(C)C(C)(C)C. The first-order valence-corrected chi connectivity index (χ1v) is 18.0. The highest BCUT2D eigenvalue weighted by Gasteiger charge is 2.49. The molecule has 2 aromatic heterocycles. The number of nitrogens with one attached hydrogen (secondary N) is 2. The zero-order chi connectivity index (χ0) is 26.8. The molecule has 2 heterocycles. The van der Waals surface area contributed by atoms with Gasteiger partial charge in [0.2, 0.25) is 0 Å². The van der Waals surface area contributed by atoms with Crippen LogP contribution in [0.25, 0.3) is 0 Å². The Hall–Kier alpha value is -1.75. The molecular formula is C26H40N4O3S2Si. The first-order chi connectivity index (χ1) is 16.5. The molecule has 0 bridgehead atoms. The van der Waals surface area contributed by atoms with Gasteiger partial charge in [0.15, 0.2) is 18.2 Å². The van der Waals surface area contributed by atoms with Crippen molar-refractivity contribution >= 4 is 41.2 Å². The number of aliphatic hydroxyl groups is 1. The van der Waals surface area contributed by atoms with Crippen LogP contribution in [0.5, 0.6) is 0 Å². The Labute approximate surface area is 220 Å². The van der Waals surface area contributed by atoms with Gasteiger partial charge in [-0.1, -0.05) is 20.8 Å². The molecule has 0 aromatic carbocycles. The molecule has 0 aliphatic heterocycles. The van der Waals surface area contributed by atoms with Crippen LogP contribution in [0.15, 0.2) is 10.3 Å². The van der Waals surface area contributed by atoms with Crippen molar-refractivity contribution in [3.05, 3.63) is 39.0 Å². The Balaban J connectivity index is 1.84. The molecule has 2 amide bonds. The summed E-state index contributed by atoms with van der Waals surface area (Å²) in [6, 6.07) is 1.33. The predicted octanol–water partition coefficient (Wildman–Crippen LogP) is 6.52. The second-order valence-electron chi connectivity index (χ2n) is 12.2. The van der Waals surface area contributed by atoms with Gasteiger partial charge in [0.1, 0.15) is 4.21 Å². The number of nitrogens with zero attached hydrogens (tertiary/aromatic N) is 2. The van der Waals surface area contributed by atoms with Gasteiger partial charge in [-0.25, -0.2) is 13.8 Å². The fourth-order valence-corrected chi connectivity index (χ4v) is 12.8. The fraction of sp³-hybridized carbons (Fsp3) is 0.615. The largest absolute Gasteiger partial charge is 0.385 e. The molecule has 0 saturated carbocycles. The van der Waals surface area contributed by atoms with Gasteiger partial charge in [-0.05, 0) is 100 Å². The van der Waals surface area contributed by atoms with Crippen molar-refractivity contribution in [3.8, 4) is 0 Å². The van der Waals surface area contributed by atoms with Crippen molar-refractivity contribution in [1.29, 1.82) is 4.78 Å². The topological polar surface area (TPSA) is 106 Å². The molecule has 0 radical (unpaired) electrons. The third-order valence-corrected chi connectivity index (χ3v) is 18.8. The summed E-state index contributed by atoms with van der Waals surface area (Å²) in [5.74, 6) is 0. The molecule has 2 aromatic rings. The van der Waals surface area contributed by atoms with Crippen molar-refractivity contribution < 1.29 is 14.1 Å². The Morgan fingerprint density at radius 2 is 1.64 bits per heavy atom. The zero-order valence-electron chi connectivity index (χ0n) is 22.8. The summed E-state index contributed by atoms with van der Waals surface area (Å²) >= 11 is 1.17. The van der Waals surface area contributed by atoms with E-state index in [0.717, 1.165) is 66.7 Å². The van der Waals surface area contributed by atoms with Gasteiger partial charge < -0.3 is 10.4 Å². The number of amides is 2. The van der Waals surface area contributed by atoms with Gasteiger partial charge in [0, 0.05) is 16.3 Å². The number of thiophene rings is 1. The predicted molar refractivity (Wildman–Crippen MR) is 150 cm³/mol. The van der Waals surface area contributed by atoms with Gasteiger partial charge >= 0.3 is 6.03 Å². The van der Waals surface area contributed by atoms with E-state index >= 15 is 0 Å². The lowest BCUT2D eigenvalue weighted by molar-refractivity contribution is 0.0825. The van der Waals surface area contributed by atoms with Crippen LogP contribution in [0.1, 0.15) is 80.4 Å². The number of anilines is 1. The van der Waals surface area contributed by atoms with Gasteiger partial charge in [0.05, 0.1) is 11.3 Å². The highest BCUT2D eigenvalue weighted by Crippen LogP contribution is 2.44. The van der Waals surface area contributed by atoms with Crippen LogP contribution >= 0.6 is 11.3 Å². The molecule has 2 aliphatic carbocycles. The summed E-state index contributed by atoms with van der Waals surface area (Å²) in [4.78, 5) is 19.8. The summed E-state index contributed by atoms with van der Waals surface area (Å²) in [7, 11) is -6.48. The van der Waals surface area contributed by atoms with Crippen molar-refractivity contribution in [2.45, 2.75) is 108 Å². The lowest BCUT2D eigenvalue weighted by atomic mass is 10.1. The number of aromatic nitrogens is 1. The third-order valence-electron chi connectivity index (χ3n) is 7.99. The van der Waals surface area contributed by atoms with Crippen LogP contribution < -0.4 is 5.32 Å². The Kier molecular flexibility index (Phi) is 6.76. The molecule has 2 aliphatic rings. The first kappa shape index (κ1) is 27.3. The van der Waals surface area contributed by atoms with Gasteiger partial charge in [-0.2, -0.15) is 0 Å². The number of carbonyl (C=O) groups is 1. The number of urea groups is 1. The number of rotatable bonds is 5. The number of carbonyl (C=O) groups excluding carboxylic acids is 1. The molecule has 0 fully saturated rings. The summed E-state index contributed by atoms with van der Waals surface area (Å²) in [5.41, 5.74) is 4.74. The van der Waals surface area contributed by atoms with E-state index in [1.54, 1.807) is 26.8 Å². The van der Waals surface area contributed by atoms with Gasteiger partial charge in [-0.15, -0.1) is 11.3 Å².